The van der Waals surface area contributed by atoms with Crippen molar-refractivity contribution in [3.63, 3.8) is 0 Å². The molecule has 0 radical (unpaired) electrons. The van der Waals surface area contributed by atoms with Gasteiger partial charge < -0.3 is 10.2 Å². The SMILES string of the molecule is O=C(CN1C(=O)N(Cc2ccc(F)cc2)C(=O)C2SC=CC21)Nc1cc(F)ccc1Cl. The number of carbonyl (C=O) groups excluding carboxylic acids is 3. The number of hydrogen-bond acceptors (Lipinski definition) is 4. The molecule has 2 atom stereocenters. The van der Waals surface area contributed by atoms with Gasteiger partial charge in [0, 0.05) is 0 Å². The number of urea groups is 1. The molecule has 2 aromatic carbocycles. The minimum absolute atomic E-state index is 0.0461. The van der Waals surface area contributed by atoms with Crippen LogP contribution in [0.1, 0.15) is 5.56 Å². The Hall–Kier alpha value is -2.91. The summed E-state index contributed by atoms with van der Waals surface area (Å²) in [6.45, 7) is -0.402. The molecule has 2 unspecified atom stereocenters. The van der Waals surface area contributed by atoms with Crippen molar-refractivity contribution in [1.82, 2.24) is 9.80 Å². The number of nitrogens with zero attached hydrogens (tertiary/aromatic N) is 2. The summed E-state index contributed by atoms with van der Waals surface area (Å²) < 4.78 is 26.7. The quantitative estimate of drug-likeness (QED) is 0.727. The van der Waals surface area contributed by atoms with Crippen LogP contribution in [0.15, 0.2) is 53.9 Å². The van der Waals surface area contributed by atoms with Crippen LogP contribution in [0, 0.1) is 11.6 Å². The Kier molecular flexibility index (Phi) is 5.97. The van der Waals surface area contributed by atoms with Gasteiger partial charge in [0.1, 0.15) is 23.4 Å². The van der Waals surface area contributed by atoms with E-state index in [1.807, 2.05) is 0 Å². The van der Waals surface area contributed by atoms with Gasteiger partial charge in [0.2, 0.25) is 11.8 Å². The maximum atomic E-state index is 13.5. The molecule has 1 saturated heterocycles. The Bertz CT molecular complexity index is 1080. The number of rotatable bonds is 5. The van der Waals surface area contributed by atoms with Crippen molar-refractivity contribution in [3.8, 4) is 0 Å². The number of fused-ring (bicyclic) bond motifs is 1. The minimum Gasteiger partial charge on any atom is -0.323 e. The molecule has 0 spiro atoms. The monoisotopic (exact) mass is 463 g/mol. The number of halogens is 3. The Balaban J connectivity index is 1.53. The fraction of sp³-hybridized carbons (Fsp3) is 0.190. The maximum Gasteiger partial charge on any atom is 0.328 e. The molecule has 2 aromatic rings. The number of anilines is 1. The first kappa shape index (κ1) is 21.3. The highest BCUT2D eigenvalue weighted by Crippen LogP contribution is 2.35. The molecule has 2 aliphatic heterocycles. The molecule has 1 fully saturated rings. The lowest BCUT2D eigenvalue weighted by Gasteiger charge is -2.40. The summed E-state index contributed by atoms with van der Waals surface area (Å²) in [6.07, 6.45) is 1.70. The second kappa shape index (κ2) is 8.68. The predicted molar refractivity (Wildman–Crippen MR) is 113 cm³/mol. The zero-order chi connectivity index (χ0) is 22.1. The molecule has 0 saturated carbocycles. The Morgan fingerprint density at radius 3 is 2.55 bits per heavy atom. The molecule has 1 N–H and O–H groups in total. The molecular weight excluding hydrogens is 448 g/mol. The first-order valence-corrected chi connectivity index (χ1v) is 10.6. The fourth-order valence-corrected chi connectivity index (χ4v) is 4.65. The molecule has 0 bridgehead atoms. The average molecular weight is 464 g/mol. The molecule has 160 valence electrons. The van der Waals surface area contributed by atoms with Crippen molar-refractivity contribution in [2.45, 2.75) is 17.8 Å². The summed E-state index contributed by atoms with van der Waals surface area (Å²) in [4.78, 5) is 40.9. The third kappa shape index (κ3) is 4.42. The number of thioether (sulfide) groups is 1. The van der Waals surface area contributed by atoms with Crippen molar-refractivity contribution in [2.24, 2.45) is 0 Å². The van der Waals surface area contributed by atoms with Gasteiger partial charge in [0.15, 0.2) is 0 Å². The van der Waals surface area contributed by atoms with Gasteiger partial charge in [-0.3, -0.25) is 14.5 Å². The third-order valence-corrected chi connectivity index (χ3v) is 6.34. The Morgan fingerprint density at radius 1 is 1.10 bits per heavy atom. The van der Waals surface area contributed by atoms with Crippen LogP contribution in [0.2, 0.25) is 5.02 Å². The Labute approximate surface area is 185 Å². The van der Waals surface area contributed by atoms with Crippen LogP contribution in [0.25, 0.3) is 0 Å². The molecule has 2 heterocycles. The number of benzene rings is 2. The van der Waals surface area contributed by atoms with Gasteiger partial charge in [-0.05, 0) is 41.3 Å². The van der Waals surface area contributed by atoms with Gasteiger partial charge in [0.05, 0.1) is 23.3 Å². The van der Waals surface area contributed by atoms with E-state index >= 15 is 0 Å². The topological polar surface area (TPSA) is 69.7 Å². The molecule has 31 heavy (non-hydrogen) atoms. The van der Waals surface area contributed by atoms with Crippen LogP contribution in [0.3, 0.4) is 0 Å². The van der Waals surface area contributed by atoms with Gasteiger partial charge in [0.25, 0.3) is 0 Å². The lowest BCUT2D eigenvalue weighted by atomic mass is 10.1. The van der Waals surface area contributed by atoms with Gasteiger partial charge in [-0.2, -0.15) is 0 Å². The van der Waals surface area contributed by atoms with E-state index in [-0.39, 0.29) is 29.7 Å². The number of nitrogens with one attached hydrogen (secondary N) is 1. The van der Waals surface area contributed by atoms with Crippen molar-refractivity contribution in [3.05, 3.63) is 76.2 Å². The van der Waals surface area contributed by atoms with E-state index in [1.54, 1.807) is 11.5 Å². The van der Waals surface area contributed by atoms with Crippen LogP contribution in [-0.4, -0.2) is 45.5 Å². The lowest BCUT2D eigenvalue weighted by molar-refractivity contribution is -0.132. The van der Waals surface area contributed by atoms with E-state index < -0.39 is 34.9 Å². The molecular formula is C21H16ClF2N3O3S. The van der Waals surface area contributed by atoms with Gasteiger partial charge in [-0.25, -0.2) is 13.6 Å². The highest BCUT2D eigenvalue weighted by atomic mass is 35.5. The maximum absolute atomic E-state index is 13.5. The number of hydrogen-bond donors (Lipinski definition) is 1. The van der Waals surface area contributed by atoms with Gasteiger partial charge >= 0.3 is 6.03 Å². The van der Waals surface area contributed by atoms with Crippen LogP contribution in [-0.2, 0) is 16.1 Å². The zero-order valence-electron chi connectivity index (χ0n) is 15.9. The summed E-state index contributed by atoms with van der Waals surface area (Å²) in [5, 5.41) is 3.79. The molecule has 0 aromatic heterocycles. The first-order valence-electron chi connectivity index (χ1n) is 9.27. The standard InChI is InChI=1S/C21H16ClF2N3O3S/c22-15-6-5-14(24)9-16(15)25-18(28)11-26-17-7-8-31-19(17)20(29)27(21(26)30)10-12-1-3-13(23)4-2-12/h1-9,17,19H,10-11H2,(H,25,28). The average Bonchev–Trinajstić information content (AvgIpc) is 3.22. The van der Waals surface area contributed by atoms with Crippen LogP contribution in [0.5, 0.6) is 0 Å². The molecule has 10 heteroatoms. The molecule has 4 rings (SSSR count). The first-order chi connectivity index (χ1) is 14.8. The van der Waals surface area contributed by atoms with Crippen LogP contribution in [0.4, 0.5) is 19.3 Å². The summed E-state index contributed by atoms with van der Waals surface area (Å²) in [5.74, 6) is -1.95. The molecule has 0 aliphatic carbocycles. The normalized spacial score (nSPS) is 20.2. The van der Waals surface area contributed by atoms with Crippen molar-refractivity contribution in [1.29, 1.82) is 0 Å². The zero-order valence-corrected chi connectivity index (χ0v) is 17.5. The lowest BCUT2D eigenvalue weighted by Crippen LogP contribution is -2.62. The second-order valence-electron chi connectivity index (χ2n) is 7.01. The minimum atomic E-state index is -0.636. The van der Waals surface area contributed by atoms with Crippen LogP contribution >= 0.6 is 23.4 Å². The van der Waals surface area contributed by atoms with E-state index in [2.05, 4.69) is 5.32 Å². The van der Waals surface area contributed by atoms with E-state index in [1.165, 1.54) is 47.0 Å². The molecule has 2 aliphatic rings. The van der Waals surface area contributed by atoms with Crippen molar-refractivity contribution >= 4 is 46.9 Å². The number of amides is 4. The summed E-state index contributed by atoms with van der Waals surface area (Å²) >= 11 is 7.25. The van der Waals surface area contributed by atoms with Gasteiger partial charge in [-0.15, -0.1) is 11.8 Å². The predicted octanol–water partition coefficient (Wildman–Crippen LogP) is 4.02. The molecule has 6 nitrogen and oxygen atoms in total. The summed E-state index contributed by atoms with van der Waals surface area (Å²) in [7, 11) is 0. The smallest absolute Gasteiger partial charge is 0.323 e. The van der Waals surface area contributed by atoms with Gasteiger partial charge in [-0.1, -0.05) is 29.8 Å². The largest absolute Gasteiger partial charge is 0.328 e. The third-order valence-electron chi connectivity index (χ3n) is 4.93. The van der Waals surface area contributed by atoms with E-state index in [0.717, 1.165) is 17.0 Å². The van der Waals surface area contributed by atoms with Crippen LogP contribution < -0.4 is 5.32 Å². The summed E-state index contributed by atoms with van der Waals surface area (Å²) in [6, 6.07) is 7.82. The number of carbonyl (C=O) groups is 3. The summed E-state index contributed by atoms with van der Waals surface area (Å²) in [5.41, 5.74) is 0.664. The highest BCUT2D eigenvalue weighted by molar-refractivity contribution is 8.03. The van der Waals surface area contributed by atoms with Crippen molar-refractivity contribution in [2.75, 3.05) is 11.9 Å². The Morgan fingerprint density at radius 2 is 1.81 bits per heavy atom. The fourth-order valence-electron chi connectivity index (χ4n) is 3.42. The van der Waals surface area contributed by atoms with E-state index in [4.69, 9.17) is 11.6 Å². The van der Waals surface area contributed by atoms with E-state index in [0.29, 0.717) is 5.56 Å². The molecule has 4 amide bonds. The second-order valence-corrected chi connectivity index (χ2v) is 8.47. The number of imide groups is 1. The highest BCUT2D eigenvalue weighted by Gasteiger charge is 2.47. The van der Waals surface area contributed by atoms with E-state index in [9.17, 15) is 23.2 Å². The van der Waals surface area contributed by atoms with Crippen molar-refractivity contribution < 1.29 is 23.2 Å².